The first-order valence-electron chi connectivity index (χ1n) is 11.4. The van der Waals surface area contributed by atoms with Crippen molar-refractivity contribution in [1.82, 2.24) is 10.6 Å². The predicted molar refractivity (Wildman–Crippen MR) is 129 cm³/mol. The SMILES string of the molecule is CC(C)(C)[C@H](NC(=O)c1ccc(CNC(=O)OCC2c3ccccc3-c3ccccc32)o1)C(=O)O. The maximum absolute atomic E-state index is 12.4. The number of benzene rings is 2. The van der Waals surface area contributed by atoms with Crippen LogP contribution in [0, 0.1) is 5.41 Å². The summed E-state index contributed by atoms with van der Waals surface area (Å²) in [5.41, 5.74) is 3.86. The maximum Gasteiger partial charge on any atom is 0.407 e. The molecule has 1 heterocycles. The summed E-state index contributed by atoms with van der Waals surface area (Å²) < 4.78 is 11.0. The van der Waals surface area contributed by atoms with Gasteiger partial charge < -0.3 is 24.9 Å². The molecule has 0 saturated heterocycles. The minimum absolute atomic E-state index is 0.0194. The van der Waals surface area contributed by atoms with Gasteiger partial charge in [0, 0.05) is 5.92 Å². The number of hydrogen-bond donors (Lipinski definition) is 3. The van der Waals surface area contributed by atoms with Crippen LogP contribution in [0.1, 0.15) is 54.1 Å². The minimum Gasteiger partial charge on any atom is -0.480 e. The number of fused-ring (bicyclic) bond motifs is 3. The fourth-order valence-electron chi connectivity index (χ4n) is 4.25. The summed E-state index contributed by atoms with van der Waals surface area (Å²) in [4.78, 5) is 36.3. The van der Waals surface area contributed by atoms with Gasteiger partial charge in [0.25, 0.3) is 5.91 Å². The quantitative estimate of drug-likeness (QED) is 0.461. The molecule has 1 aromatic heterocycles. The molecule has 2 aromatic carbocycles. The molecule has 3 N–H and O–H groups in total. The number of carboxylic acid groups (broad SMARTS) is 1. The van der Waals surface area contributed by atoms with E-state index in [2.05, 4.69) is 22.8 Å². The molecular formula is C27H28N2O6. The van der Waals surface area contributed by atoms with Crippen LogP contribution >= 0.6 is 0 Å². The Kier molecular flexibility index (Phi) is 6.64. The van der Waals surface area contributed by atoms with Crippen LogP contribution in [0.2, 0.25) is 0 Å². The predicted octanol–water partition coefficient (Wildman–Crippen LogP) is 4.55. The molecule has 1 aliphatic carbocycles. The lowest BCUT2D eigenvalue weighted by Crippen LogP contribution is -2.49. The second-order valence-electron chi connectivity index (χ2n) is 9.56. The Morgan fingerprint density at radius 2 is 1.57 bits per heavy atom. The Bertz CT molecular complexity index is 1210. The monoisotopic (exact) mass is 476 g/mol. The first-order valence-corrected chi connectivity index (χ1v) is 11.4. The van der Waals surface area contributed by atoms with Crippen LogP contribution in [-0.4, -0.2) is 35.7 Å². The summed E-state index contributed by atoms with van der Waals surface area (Å²) in [5.74, 6) is -1.51. The van der Waals surface area contributed by atoms with Crippen molar-refractivity contribution >= 4 is 18.0 Å². The van der Waals surface area contributed by atoms with E-state index in [1.165, 1.54) is 6.07 Å². The normalized spacial score (nSPS) is 13.5. The number of carbonyl (C=O) groups is 3. The highest BCUT2D eigenvalue weighted by Gasteiger charge is 2.33. The van der Waals surface area contributed by atoms with Crippen molar-refractivity contribution in [3.8, 4) is 11.1 Å². The third-order valence-corrected chi connectivity index (χ3v) is 6.02. The van der Waals surface area contributed by atoms with E-state index in [-0.39, 0.29) is 24.8 Å². The second-order valence-corrected chi connectivity index (χ2v) is 9.56. The average molecular weight is 477 g/mol. The Hall–Kier alpha value is -4.07. The van der Waals surface area contributed by atoms with E-state index in [0.717, 1.165) is 22.3 Å². The molecule has 0 spiro atoms. The molecule has 2 amide bonds. The van der Waals surface area contributed by atoms with Crippen molar-refractivity contribution in [1.29, 1.82) is 0 Å². The molecule has 0 fully saturated rings. The first-order chi connectivity index (χ1) is 16.6. The molecule has 0 aliphatic heterocycles. The number of furan rings is 1. The van der Waals surface area contributed by atoms with Gasteiger partial charge in [0.15, 0.2) is 5.76 Å². The molecule has 0 unspecified atom stereocenters. The average Bonchev–Trinajstić information content (AvgIpc) is 3.42. The number of hydrogen-bond acceptors (Lipinski definition) is 5. The summed E-state index contributed by atoms with van der Waals surface area (Å²) in [6, 6.07) is 18.1. The Morgan fingerprint density at radius 1 is 0.971 bits per heavy atom. The van der Waals surface area contributed by atoms with E-state index in [1.807, 2.05) is 36.4 Å². The Morgan fingerprint density at radius 3 is 2.14 bits per heavy atom. The summed E-state index contributed by atoms with van der Waals surface area (Å²) in [6.45, 7) is 5.37. The zero-order valence-corrected chi connectivity index (χ0v) is 19.8. The molecule has 35 heavy (non-hydrogen) atoms. The second kappa shape index (κ2) is 9.66. The van der Waals surface area contributed by atoms with Crippen LogP contribution in [0.4, 0.5) is 4.79 Å². The van der Waals surface area contributed by atoms with Crippen molar-refractivity contribution < 1.29 is 28.6 Å². The van der Waals surface area contributed by atoms with Crippen LogP contribution in [-0.2, 0) is 16.1 Å². The lowest BCUT2D eigenvalue weighted by Gasteiger charge is -2.27. The van der Waals surface area contributed by atoms with Crippen molar-refractivity contribution in [3.05, 3.63) is 83.3 Å². The van der Waals surface area contributed by atoms with Crippen LogP contribution in [0.15, 0.2) is 65.1 Å². The summed E-state index contributed by atoms with van der Waals surface area (Å²) >= 11 is 0. The number of ether oxygens (including phenoxy) is 1. The first kappa shape index (κ1) is 24.1. The molecule has 0 saturated carbocycles. The third kappa shape index (κ3) is 5.21. The van der Waals surface area contributed by atoms with Gasteiger partial charge in [0.2, 0.25) is 0 Å². The summed E-state index contributed by atoms with van der Waals surface area (Å²) in [5, 5.41) is 14.5. The summed E-state index contributed by atoms with van der Waals surface area (Å²) in [6.07, 6.45) is -0.604. The number of carboxylic acids is 1. The molecule has 1 aliphatic rings. The molecule has 0 bridgehead atoms. The number of nitrogens with one attached hydrogen (secondary N) is 2. The molecule has 3 aromatic rings. The number of aliphatic carboxylic acids is 1. The van der Waals surface area contributed by atoms with Gasteiger partial charge in [0.1, 0.15) is 18.4 Å². The van der Waals surface area contributed by atoms with E-state index < -0.39 is 29.4 Å². The molecule has 1 atom stereocenters. The smallest absolute Gasteiger partial charge is 0.407 e. The Balaban J connectivity index is 1.32. The number of carbonyl (C=O) groups excluding carboxylic acids is 2. The van der Waals surface area contributed by atoms with Gasteiger partial charge in [-0.1, -0.05) is 69.3 Å². The Labute approximate surface area is 203 Å². The van der Waals surface area contributed by atoms with Crippen molar-refractivity contribution in [2.45, 2.75) is 39.3 Å². The van der Waals surface area contributed by atoms with Crippen molar-refractivity contribution in [2.24, 2.45) is 5.41 Å². The van der Waals surface area contributed by atoms with Crippen LogP contribution in [0.5, 0.6) is 0 Å². The van der Waals surface area contributed by atoms with Crippen molar-refractivity contribution in [2.75, 3.05) is 6.61 Å². The molecule has 0 radical (unpaired) electrons. The van der Waals surface area contributed by atoms with Gasteiger partial charge in [-0.15, -0.1) is 0 Å². The highest BCUT2D eigenvalue weighted by Crippen LogP contribution is 2.44. The number of alkyl carbamates (subject to hydrolysis) is 1. The summed E-state index contributed by atoms with van der Waals surface area (Å²) in [7, 11) is 0. The zero-order valence-electron chi connectivity index (χ0n) is 19.8. The molecule has 8 nitrogen and oxygen atoms in total. The lowest BCUT2D eigenvalue weighted by atomic mass is 9.87. The van der Waals surface area contributed by atoms with Crippen LogP contribution < -0.4 is 10.6 Å². The molecule has 4 rings (SSSR count). The molecular weight excluding hydrogens is 448 g/mol. The topological polar surface area (TPSA) is 118 Å². The zero-order chi connectivity index (χ0) is 25.2. The lowest BCUT2D eigenvalue weighted by molar-refractivity contribution is -0.142. The van der Waals surface area contributed by atoms with Crippen LogP contribution in [0.25, 0.3) is 11.1 Å². The highest BCUT2D eigenvalue weighted by molar-refractivity contribution is 5.94. The van der Waals surface area contributed by atoms with E-state index in [4.69, 9.17) is 9.15 Å². The van der Waals surface area contributed by atoms with Gasteiger partial charge in [-0.05, 0) is 39.8 Å². The van der Waals surface area contributed by atoms with E-state index in [9.17, 15) is 19.5 Å². The maximum atomic E-state index is 12.4. The van der Waals surface area contributed by atoms with Gasteiger partial charge >= 0.3 is 12.1 Å². The third-order valence-electron chi connectivity index (χ3n) is 6.02. The largest absolute Gasteiger partial charge is 0.480 e. The van der Waals surface area contributed by atoms with Gasteiger partial charge in [-0.2, -0.15) is 0 Å². The van der Waals surface area contributed by atoms with Gasteiger partial charge in [-0.3, -0.25) is 4.79 Å². The van der Waals surface area contributed by atoms with E-state index in [1.54, 1.807) is 26.8 Å². The number of rotatable bonds is 7. The fourth-order valence-corrected chi connectivity index (χ4v) is 4.25. The molecule has 182 valence electrons. The number of amides is 2. The standard InChI is InChI=1S/C27H28N2O6/c1-27(2,3)23(25(31)32)29-24(30)22-13-12-16(35-22)14-28-26(33)34-15-21-19-10-6-4-8-17(19)18-9-5-7-11-20(18)21/h4-13,21,23H,14-15H2,1-3H3,(H,28,33)(H,29,30)(H,31,32)/t23-/m1/s1. The van der Waals surface area contributed by atoms with Crippen molar-refractivity contribution in [3.63, 3.8) is 0 Å². The van der Waals surface area contributed by atoms with E-state index >= 15 is 0 Å². The van der Waals surface area contributed by atoms with Gasteiger partial charge in [-0.25, -0.2) is 9.59 Å². The van der Waals surface area contributed by atoms with Crippen LogP contribution in [0.3, 0.4) is 0 Å². The fraction of sp³-hybridized carbons (Fsp3) is 0.296. The van der Waals surface area contributed by atoms with Gasteiger partial charge in [0.05, 0.1) is 6.54 Å². The molecule has 8 heteroatoms. The highest BCUT2D eigenvalue weighted by atomic mass is 16.5. The van der Waals surface area contributed by atoms with E-state index in [0.29, 0.717) is 5.76 Å². The minimum atomic E-state index is -1.13.